The molecule has 0 saturated carbocycles. The van der Waals surface area contributed by atoms with E-state index in [0.29, 0.717) is 16.8 Å². The Balaban J connectivity index is 0.00000264. The van der Waals surface area contributed by atoms with Gasteiger partial charge in [0.15, 0.2) is 5.96 Å². The van der Waals surface area contributed by atoms with Crippen molar-refractivity contribution in [3.05, 3.63) is 57.2 Å². The minimum atomic E-state index is -0.608. The summed E-state index contributed by atoms with van der Waals surface area (Å²) in [6, 6.07) is 13.9. The maximum absolute atomic E-state index is 10.1. The standard InChI is InChI=1S/C16H20ClN3OS.HI/c1-11(12-6-4-3-5-7-12)20-16(18-2)19-10-13(21)14-8-9-15(17)22-14;/h3-9,11,13,21H,10H2,1-2H3,(H2,18,19,20);1H. The van der Waals surface area contributed by atoms with E-state index in [1.807, 2.05) is 24.3 Å². The number of rotatable bonds is 5. The zero-order valence-electron chi connectivity index (χ0n) is 13.0. The van der Waals surface area contributed by atoms with E-state index in [1.54, 1.807) is 13.1 Å². The molecule has 2 unspecified atom stereocenters. The molecule has 3 N–H and O–H groups in total. The average molecular weight is 466 g/mol. The second-order valence-electron chi connectivity index (χ2n) is 4.89. The quantitative estimate of drug-likeness (QED) is 0.356. The molecule has 0 aliphatic heterocycles. The first-order chi connectivity index (χ1) is 10.6. The van der Waals surface area contributed by atoms with Gasteiger partial charge in [-0.3, -0.25) is 4.99 Å². The Morgan fingerprint density at radius 3 is 2.52 bits per heavy atom. The Hall–Kier alpha value is -0.830. The van der Waals surface area contributed by atoms with E-state index in [4.69, 9.17) is 11.6 Å². The molecule has 0 aliphatic carbocycles. The fourth-order valence-corrected chi connectivity index (χ4v) is 3.07. The Morgan fingerprint density at radius 2 is 1.96 bits per heavy atom. The van der Waals surface area contributed by atoms with Crippen LogP contribution in [0.3, 0.4) is 0 Å². The number of nitrogens with zero attached hydrogens (tertiary/aromatic N) is 1. The maximum atomic E-state index is 10.1. The van der Waals surface area contributed by atoms with Gasteiger partial charge in [0, 0.05) is 18.5 Å². The van der Waals surface area contributed by atoms with E-state index < -0.39 is 6.10 Å². The summed E-state index contributed by atoms with van der Waals surface area (Å²) in [4.78, 5) is 5.02. The average Bonchev–Trinajstić information content (AvgIpc) is 2.98. The lowest BCUT2D eigenvalue weighted by Crippen LogP contribution is -2.40. The lowest BCUT2D eigenvalue weighted by atomic mass is 10.1. The van der Waals surface area contributed by atoms with Gasteiger partial charge in [0.2, 0.25) is 0 Å². The van der Waals surface area contributed by atoms with E-state index in [1.165, 1.54) is 16.9 Å². The number of hydrogen-bond acceptors (Lipinski definition) is 3. The van der Waals surface area contributed by atoms with Crippen molar-refractivity contribution in [3.63, 3.8) is 0 Å². The topological polar surface area (TPSA) is 56.7 Å². The summed E-state index contributed by atoms with van der Waals surface area (Å²) >= 11 is 7.26. The van der Waals surface area contributed by atoms with Crippen molar-refractivity contribution < 1.29 is 5.11 Å². The molecule has 2 aromatic rings. The number of guanidine groups is 1. The van der Waals surface area contributed by atoms with Crippen molar-refractivity contribution in [1.29, 1.82) is 0 Å². The largest absolute Gasteiger partial charge is 0.386 e. The summed E-state index contributed by atoms with van der Waals surface area (Å²) in [6.07, 6.45) is -0.608. The van der Waals surface area contributed by atoms with E-state index in [0.717, 1.165) is 4.88 Å². The first kappa shape index (κ1) is 20.2. The van der Waals surface area contributed by atoms with Crippen LogP contribution in [0, 0.1) is 0 Å². The number of hydrogen-bond donors (Lipinski definition) is 3. The number of halogens is 2. The van der Waals surface area contributed by atoms with Gasteiger partial charge < -0.3 is 15.7 Å². The number of aliphatic hydroxyl groups excluding tert-OH is 1. The van der Waals surface area contributed by atoms with Crippen molar-refractivity contribution in [2.75, 3.05) is 13.6 Å². The molecule has 0 saturated heterocycles. The Bertz CT molecular complexity index is 621. The Labute approximate surface area is 163 Å². The van der Waals surface area contributed by atoms with Crippen molar-refractivity contribution >= 4 is 52.9 Å². The summed E-state index contributed by atoms with van der Waals surface area (Å²) in [7, 11) is 1.71. The highest BCUT2D eigenvalue weighted by Crippen LogP contribution is 2.26. The first-order valence-corrected chi connectivity index (χ1v) is 8.25. The monoisotopic (exact) mass is 465 g/mol. The highest BCUT2D eigenvalue weighted by molar-refractivity contribution is 14.0. The van der Waals surface area contributed by atoms with Gasteiger partial charge in [0.1, 0.15) is 6.10 Å². The van der Waals surface area contributed by atoms with Gasteiger partial charge in [-0.15, -0.1) is 35.3 Å². The molecule has 23 heavy (non-hydrogen) atoms. The fourth-order valence-electron chi connectivity index (χ4n) is 2.03. The van der Waals surface area contributed by atoms with Gasteiger partial charge in [0.25, 0.3) is 0 Å². The zero-order valence-corrected chi connectivity index (χ0v) is 16.9. The molecular weight excluding hydrogens is 445 g/mol. The molecule has 4 nitrogen and oxygen atoms in total. The minimum Gasteiger partial charge on any atom is -0.386 e. The van der Waals surface area contributed by atoms with Crippen LogP contribution in [0.25, 0.3) is 0 Å². The highest BCUT2D eigenvalue weighted by Gasteiger charge is 2.12. The van der Waals surface area contributed by atoms with Crippen LogP contribution < -0.4 is 10.6 Å². The van der Waals surface area contributed by atoms with Crippen LogP contribution in [-0.2, 0) is 0 Å². The van der Waals surface area contributed by atoms with Crippen LogP contribution in [0.2, 0.25) is 4.34 Å². The molecule has 1 aromatic carbocycles. The third kappa shape index (κ3) is 6.29. The molecule has 0 fully saturated rings. The van der Waals surface area contributed by atoms with Gasteiger partial charge in [-0.1, -0.05) is 41.9 Å². The van der Waals surface area contributed by atoms with Crippen LogP contribution in [0.15, 0.2) is 47.5 Å². The fraction of sp³-hybridized carbons (Fsp3) is 0.312. The molecule has 1 heterocycles. The number of aliphatic imine (C=N–C) groups is 1. The van der Waals surface area contributed by atoms with Crippen molar-refractivity contribution in [3.8, 4) is 0 Å². The van der Waals surface area contributed by atoms with E-state index in [9.17, 15) is 5.11 Å². The van der Waals surface area contributed by atoms with Crippen LogP contribution in [0.5, 0.6) is 0 Å². The second kappa shape index (κ2) is 10.1. The van der Waals surface area contributed by atoms with Crippen LogP contribution in [0.4, 0.5) is 0 Å². The summed E-state index contributed by atoms with van der Waals surface area (Å²) < 4.78 is 0.675. The van der Waals surface area contributed by atoms with Gasteiger partial charge in [-0.2, -0.15) is 0 Å². The molecule has 0 bridgehead atoms. The lowest BCUT2D eigenvalue weighted by Gasteiger charge is -2.19. The summed E-state index contributed by atoms with van der Waals surface area (Å²) in [6.45, 7) is 2.44. The first-order valence-electron chi connectivity index (χ1n) is 7.05. The zero-order chi connectivity index (χ0) is 15.9. The maximum Gasteiger partial charge on any atom is 0.191 e. The van der Waals surface area contributed by atoms with Crippen molar-refractivity contribution in [2.45, 2.75) is 19.1 Å². The van der Waals surface area contributed by atoms with Crippen molar-refractivity contribution in [2.24, 2.45) is 4.99 Å². The number of benzene rings is 1. The van der Waals surface area contributed by atoms with Crippen LogP contribution in [-0.4, -0.2) is 24.7 Å². The molecule has 0 amide bonds. The van der Waals surface area contributed by atoms with Gasteiger partial charge in [0.05, 0.1) is 10.4 Å². The molecule has 0 aliphatic rings. The predicted octanol–water partition coefficient (Wildman–Crippen LogP) is 3.98. The molecule has 0 radical (unpaired) electrons. The molecule has 126 valence electrons. The molecular formula is C16H21ClIN3OS. The highest BCUT2D eigenvalue weighted by atomic mass is 127. The molecule has 1 aromatic heterocycles. The summed E-state index contributed by atoms with van der Waals surface area (Å²) in [5.74, 6) is 0.651. The third-order valence-electron chi connectivity index (χ3n) is 3.26. The molecule has 2 rings (SSSR count). The predicted molar refractivity (Wildman–Crippen MR) is 109 cm³/mol. The van der Waals surface area contributed by atoms with Crippen LogP contribution in [0.1, 0.15) is 29.5 Å². The van der Waals surface area contributed by atoms with Crippen molar-refractivity contribution in [1.82, 2.24) is 10.6 Å². The third-order valence-corrected chi connectivity index (χ3v) is 4.59. The summed E-state index contributed by atoms with van der Waals surface area (Å²) in [5.41, 5.74) is 1.18. The smallest absolute Gasteiger partial charge is 0.191 e. The molecule has 0 spiro atoms. The van der Waals surface area contributed by atoms with E-state index in [-0.39, 0.29) is 30.0 Å². The Kier molecular flexibility index (Phi) is 8.90. The van der Waals surface area contributed by atoms with Crippen LogP contribution >= 0.6 is 46.9 Å². The Morgan fingerprint density at radius 1 is 1.26 bits per heavy atom. The van der Waals surface area contributed by atoms with E-state index >= 15 is 0 Å². The SMILES string of the molecule is CN=C(NCC(O)c1ccc(Cl)s1)NC(C)c1ccccc1.I. The minimum absolute atomic E-state index is 0. The normalized spacial score (nSPS) is 13.8. The molecule has 7 heteroatoms. The van der Waals surface area contributed by atoms with E-state index in [2.05, 4.69) is 34.7 Å². The number of nitrogens with one attached hydrogen (secondary N) is 2. The second-order valence-corrected chi connectivity index (χ2v) is 6.63. The number of aliphatic hydroxyl groups is 1. The number of thiophene rings is 1. The van der Waals surface area contributed by atoms with Gasteiger partial charge >= 0.3 is 0 Å². The molecule has 2 atom stereocenters. The lowest BCUT2D eigenvalue weighted by molar-refractivity contribution is 0.184. The van der Waals surface area contributed by atoms with Gasteiger partial charge in [-0.25, -0.2) is 0 Å². The van der Waals surface area contributed by atoms with Gasteiger partial charge in [-0.05, 0) is 24.6 Å². The summed E-state index contributed by atoms with van der Waals surface area (Å²) in [5, 5.41) is 16.6.